The standard InChI is InChI=1S/C15H19NO2S2/c1-2-19-13-6-5-11(10-13)16-15(18)14-8-7-12(20-14)4-3-9-17/h7-8,11,13,17H,2,5-6,9-10H2,1H3,(H,16,18). The van der Waals surface area contributed by atoms with E-state index >= 15 is 0 Å². The Balaban J connectivity index is 1.87. The number of hydrogen-bond acceptors (Lipinski definition) is 4. The summed E-state index contributed by atoms with van der Waals surface area (Å²) in [5, 5.41) is 12.5. The Labute approximate surface area is 128 Å². The number of rotatable bonds is 4. The van der Waals surface area contributed by atoms with Crippen LogP contribution in [0, 0.1) is 11.8 Å². The van der Waals surface area contributed by atoms with Crippen LogP contribution in [0.5, 0.6) is 0 Å². The first-order valence-corrected chi connectivity index (χ1v) is 8.71. The van der Waals surface area contributed by atoms with E-state index in [-0.39, 0.29) is 12.5 Å². The molecule has 0 bridgehead atoms. The normalized spacial score (nSPS) is 21.3. The van der Waals surface area contributed by atoms with E-state index in [1.54, 1.807) is 6.07 Å². The van der Waals surface area contributed by atoms with Gasteiger partial charge in [-0.05, 0) is 37.1 Å². The Hall–Kier alpha value is -0.960. The van der Waals surface area contributed by atoms with Gasteiger partial charge in [0.25, 0.3) is 5.91 Å². The number of thioether (sulfide) groups is 1. The maximum Gasteiger partial charge on any atom is 0.261 e. The summed E-state index contributed by atoms with van der Waals surface area (Å²) in [5.41, 5.74) is 0. The van der Waals surface area contributed by atoms with Crippen molar-refractivity contribution < 1.29 is 9.90 Å². The number of aliphatic hydroxyl groups is 1. The van der Waals surface area contributed by atoms with Gasteiger partial charge < -0.3 is 10.4 Å². The monoisotopic (exact) mass is 309 g/mol. The van der Waals surface area contributed by atoms with Crippen LogP contribution < -0.4 is 5.32 Å². The van der Waals surface area contributed by atoms with Gasteiger partial charge in [0.2, 0.25) is 0 Å². The van der Waals surface area contributed by atoms with Crippen LogP contribution >= 0.6 is 23.1 Å². The maximum absolute atomic E-state index is 12.1. The number of carbonyl (C=O) groups is 1. The van der Waals surface area contributed by atoms with Crippen molar-refractivity contribution in [2.45, 2.75) is 37.5 Å². The van der Waals surface area contributed by atoms with Gasteiger partial charge in [-0.1, -0.05) is 18.8 Å². The second-order valence-corrected chi connectivity index (χ2v) is 7.35. The van der Waals surface area contributed by atoms with Crippen molar-refractivity contribution >= 4 is 29.0 Å². The van der Waals surface area contributed by atoms with Gasteiger partial charge in [-0.2, -0.15) is 11.8 Å². The van der Waals surface area contributed by atoms with Crippen LogP contribution in [0.3, 0.4) is 0 Å². The molecule has 0 saturated heterocycles. The summed E-state index contributed by atoms with van der Waals surface area (Å²) < 4.78 is 0. The second-order valence-electron chi connectivity index (χ2n) is 4.68. The van der Waals surface area contributed by atoms with Crippen molar-refractivity contribution in [2.75, 3.05) is 12.4 Å². The van der Waals surface area contributed by atoms with E-state index < -0.39 is 0 Å². The summed E-state index contributed by atoms with van der Waals surface area (Å²) in [6.45, 7) is 2.02. The molecule has 0 radical (unpaired) electrons. The molecular formula is C15H19NO2S2. The summed E-state index contributed by atoms with van der Waals surface area (Å²) in [4.78, 5) is 13.7. The molecule has 1 aliphatic rings. The van der Waals surface area contributed by atoms with Gasteiger partial charge in [-0.15, -0.1) is 11.3 Å². The van der Waals surface area contributed by atoms with Gasteiger partial charge in [0.1, 0.15) is 6.61 Å². The predicted molar refractivity (Wildman–Crippen MR) is 85.3 cm³/mol. The molecule has 2 rings (SSSR count). The quantitative estimate of drug-likeness (QED) is 0.840. The van der Waals surface area contributed by atoms with Crippen LogP contribution in [0.1, 0.15) is 40.7 Å². The van der Waals surface area contributed by atoms with Gasteiger partial charge in [0.15, 0.2) is 0 Å². The summed E-state index contributed by atoms with van der Waals surface area (Å²) in [6.07, 6.45) is 3.35. The second kappa shape index (κ2) is 7.72. The Kier molecular flexibility index (Phi) is 5.96. The number of hydrogen-bond donors (Lipinski definition) is 2. The molecule has 0 aromatic carbocycles. The summed E-state index contributed by atoms with van der Waals surface area (Å²) in [6, 6.07) is 3.93. The number of carbonyl (C=O) groups excluding carboxylic acids is 1. The van der Waals surface area contributed by atoms with Crippen molar-refractivity contribution in [3.63, 3.8) is 0 Å². The first-order valence-electron chi connectivity index (χ1n) is 6.85. The van der Waals surface area contributed by atoms with Crippen LogP contribution in [-0.4, -0.2) is 34.7 Å². The highest BCUT2D eigenvalue weighted by Gasteiger charge is 2.26. The third kappa shape index (κ3) is 4.27. The molecule has 1 fully saturated rings. The van der Waals surface area contributed by atoms with Crippen LogP contribution in [0.15, 0.2) is 12.1 Å². The SMILES string of the molecule is CCSC1CCC(NC(=O)c2ccc(C#CCO)s2)C1. The molecule has 20 heavy (non-hydrogen) atoms. The van der Waals surface area contributed by atoms with Crippen LogP contribution in [-0.2, 0) is 0 Å². The zero-order chi connectivity index (χ0) is 14.4. The third-order valence-electron chi connectivity index (χ3n) is 3.24. The molecule has 1 aromatic rings. The fourth-order valence-corrected chi connectivity index (χ4v) is 4.30. The average molecular weight is 309 g/mol. The topological polar surface area (TPSA) is 49.3 Å². The van der Waals surface area contributed by atoms with Crippen molar-refractivity contribution in [3.05, 3.63) is 21.9 Å². The Bertz CT molecular complexity index is 515. The average Bonchev–Trinajstić information content (AvgIpc) is 3.06. The number of aliphatic hydroxyl groups excluding tert-OH is 1. The molecule has 0 spiro atoms. The molecule has 1 heterocycles. The van der Waals surface area contributed by atoms with Gasteiger partial charge in [0, 0.05) is 11.3 Å². The van der Waals surface area contributed by atoms with E-state index in [9.17, 15) is 4.79 Å². The van der Waals surface area contributed by atoms with E-state index in [1.165, 1.54) is 17.8 Å². The molecular weight excluding hydrogens is 290 g/mol. The molecule has 1 amide bonds. The number of amides is 1. The lowest BCUT2D eigenvalue weighted by atomic mass is 10.2. The maximum atomic E-state index is 12.1. The van der Waals surface area contributed by atoms with E-state index in [0.717, 1.165) is 23.5 Å². The van der Waals surface area contributed by atoms with Crippen LogP contribution in [0.25, 0.3) is 0 Å². The fraction of sp³-hybridized carbons (Fsp3) is 0.533. The van der Waals surface area contributed by atoms with E-state index in [0.29, 0.717) is 16.2 Å². The smallest absolute Gasteiger partial charge is 0.261 e. The number of thiophene rings is 1. The molecule has 1 aromatic heterocycles. The zero-order valence-corrected chi connectivity index (χ0v) is 13.1. The Morgan fingerprint density at radius 1 is 1.55 bits per heavy atom. The summed E-state index contributed by atoms with van der Waals surface area (Å²) in [7, 11) is 0. The Morgan fingerprint density at radius 2 is 2.40 bits per heavy atom. The van der Waals surface area contributed by atoms with Crippen molar-refractivity contribution in [3.8, 4) is 11.8 Å². The van der Waals surface area contributed by atoms with E-state index in [2.05, 4.69) is 24.1 Å². The molecule has 0 aliphatic heterocycles. The Morgan fingerprint density at radius 3 is 3.15 bits per heavy atom. The van der Waals surface area contributed by atoms with Crippen molar-refractivity contribution in [1.82, 2.24) is 5.32 Å². The van der Waals surface area contributed by atoms with Crippen LogP contribution in [0.2, 0.25) is 0 Å². The number of nitrogens with one attached hydrogen (secondary N) is 1. The van der Waals surface area contributed by atoms with Crippen molar-refractivity contribution in [1.29, 1.82) is 0 Å². The molecule has 1 aliphatic carbocycles. The molecule has 2 atom stereocenters. The van der Waals surface area contributed by atoms with Gasteiger partial charge in [-0.25, -0.2) is 0 Å². The van der Waals surface area contributed by atoms with E-state index in [4.69, 9.17) is 5.11 Å². The van der Waals surface area contributed by atoms with Gasteiger partial charge >= 0.3 is 0 Å². The predicted octanol–water partition coefficient (Wildman–Crippen LogP) is 2.50. The minimum absolute atomic E-state index is 0.000744. The van der Waals surface area contributed by atoms with Gasteiger partial charge in [-0.3, -0.25) is 4.79 Å². The highest BCUT2D eigenvalue weighted by atomic mass is 32.2. The van der Waals surface area contributed by atoms with Gasteiger partial charge in [0.05, 0.1) is 9.75 Å². The molecule has 108 valence electrons. The lowest BCUT2D eigenvalue weighted by Gasteiger charge is -2.12. The summed E-state index contributed by atoms with van der Waals surface area (Å²) >= 11 is 3.36. The fourth-order valence-electron chi connectivity index (χ4n) is 2.37. The minimum atomic E-state index is -0.155. The highest BCUT2D eigenvalue weighted by Crippen LogP contribution is 2.30. The minimum Gasteiger partial charge on any atom is -0.384 e. The molecule has 5 heteroatoms. The first kappa shape index (κ1) is 15.4. The van der Waals surface area contributed by atoms with Crippen molar-refractivity contribution in [2.24, 2.45) is 0 Å². The lowest BCUT2D eigenvalue weighted by molar-refractivity contribution is 0.0942. The summed E-state index contributed by atoms with van der Waals surface area (Å²) in [5.74, 6) is 6.55. The van der Waals surface area contributed by atoms with E-state index in [1.807, 2.05) is 17.8 Å². The third-order valence-corrected chi connectivity index (χ3v) is 5.47. The lowest BCUT2D eigenvalue weighted by Crippen LogP contribution is -2.32. The zero-order valence-electron chi connectivity index (χ0n) is 11.5. The largest absolute Gasteiger partial charge is 0.384 e. The van der Waals surface area contributed by atoms with Crippen LogP contribution in [0.4, 0.5) is 0 Å². The molecule has 3 nitrogen and oxygen atoms in total. The highest BCUT2D eigenvalue weighted by molar-refractivity contribution is 7.99. The first-order chi connectivity index (χ1) is 9.72. The molecule has 2 unspecified atom stereocenters. The molecule has 2 N–H and O–H groups in total. The molecule has 1 saturated carbocycles.